The lowest BCUT2D eigenvalue weighted by atomic mass is 10.0. The van der Waals surface area contributed by atoms with Crippen LogP contribution in [0.25, 0.3) is 0 Å². The third-order valence-electron chi connectivity index (χ3n) is 6.17. The highest BCUT2D eigenvalue weighted by molar-refractivity contribution is 7.89. The van der Waals surface area contributed by atoms with Crippen LogP contribution in [0.2, 0.25) is 0 Å². The van der Waals surface area contributed by atoms with Gasteiger partial charge in [0.25, 0.3) is 0 Å². The molecule has 0 radical (unpaired) electrons. The summed E-state index contributed by atoms with van der Waals surface area (Å²) in [7, 11) is -3.84. The SMILES string of the molecule is O=C(O)C1(CS(=O)(=O)N2CCN(c3ccc(C(F)(F)F)cn3)CC2)CC1c1ccccc1. The summed E-state index contributed by atoms with van der Waals surface area (Å²) in [6.45, 7) is 0.715. The van der Waals surface area contributed by atoms with Crippen molar-refractivity contribution in [2.45, 2.75) is 18.5 Å². The number of hydrogen-bond acceptors (Lipinski definition) is 5. The Morgan fingerprint density at radius 2 is 1.75 bits per heavy atom. The number of benzene rings is 1. The van der Waals surface area contributed by atoms with E-state index in [0.717, 1.165) is 17.8 Å². The molecule has 7 nitrogen and oxygen atoms in total. The molecule has 1 saturated heterocycles. The number of sulfonamides is 1. The van der Waals surface area contributed by atoms with Crippen LogP contribution >= 0.6 is 0 Å². The van der Waals surface area contributed by atoms with Crippen LogP contribution in [0.3, 0.4) is 0 Å². The maximum Gasteiger partial charge on any atom is 0.417 e. The van der Waals surface area contributed by atoms with Crippen LogP contribution in [-0.2, 0) is 21.0 Å². The van der Waals surface area contributed by atoms with E-state index >= 15 is 0 Å². The number of carboxylic acid groups (broad SMARTS) is 1. The number of pyridine rings is 1. The maximum absolute atomic E-state index is 13.0. The number of piperazine rings is 1. The Balaban J connectivity index is 1.41. The lowest BCUT2D eigenvalue weighted by molar-refractivity contribution is -0.142. The molecule has 0 bridgehead atoms. The first-order valence-electron chi connectivity index (χ1n) is 10.1. The quantitative estimate of drug-likeness (QED) is 0.700. The second-order valence-electron chi connectivity index (χ2n) is 8.17. The number of halogens is 3. The van der Waals surface area contributed by atoms with Crippen LogP contribution < -0.4 is 4.90 Å². The van der Waals surface area contributed by atoms with Crippen LogP contribution in [-0.4, -0.2) is 60.7 Å². The first-order valence-corrected chi connectivity index (χ1v) is 11.7. The smallest absolute Gasteiger partial charge is 0.417 e. The van der Waals surface area contributed by atoms with Crippen molar-refractivity contribution in [1.82, 2.24) is 9.29 Å². The van der Waals surface area contributed by atoms with Gasteiger partial charge < -0.3 is 10.0 Å². The molecule has 0 spiro atoms. The molecule has 4 rings (SSSR count). The van der Waals surface area contributed by atoms with Gasteiger partial charge in [0, 0.05) is 38.3 Å². The van der Waals surface area contributed by atoms with E-state index in [9.17, 15) is 31.5 Å². The summed E-state index contributed by atoms with van der Waals surface area (Å²) in [4.78, 5) is 17.5. The highest BCUT2D eigenvalue weighted by Crippen LogP contribution is 2.60. The topological polar surface area (TPSA) is 90.8 Å². The van der Waals surface area contributed by atoms with Crippen molar-refractivity contribution in [3.8, 4) is 0 Å². The van der Waals surface area contributed by atoms with Gasteiger partial charge in [-0.15, -0.1) is 0 Å². The molecule has 2 unspecified atom stereocenters. The van der Waals surface area contributed by atoms with Gasteiger partial charge in [-0.05, 0) is 24.1 Å². The normalized spacial score (nSPS) is 24.3. The standard InChI is InChI=1S/C21H22F3N3O4S/c22-21(23,24)16-6-7-18(25-13-16)26-8-10-27(11-9-26)32(30,31)14-20(19(28)29)12-17(20)15-4-2-1-3-5-15/h1-7,13,17H,8-12,14H2,(H,28,29). The number of aromatic nitrogens is 1. The minimum Gasteiger partial charge on any atom is -0.481 e. The lowest BCUT2D eigenvalue weighted by Gasteiger charge is -2.35. The Labute approximate surface area is 183 Å². The van der Waals surface area contributed by atoms with Gasteiger partial charge in [0.1, 0.15) is 5.82 Å². The molecule has 1 aliphatic heterocycles. The molecule has 2 fully saturated rings. The van der Waals surface area contributed by atoms with E-state index in [1.165, 1.54) is 10.4 Å². The average molecular weight is 469 g/mol. The number of anilines is 1. The fourth-order valence-corrected chi connectivity index (χ4v) is 6.23. The van der Waals surface area contributed by atoms with Crippen molar-refractivity contribution in [2.24, 2.45) is 5.41 Å². The van der Waals surface area contributed by atoms with Crippen LogP contribution in [0.5, 0.6) is 0 Å². The lowest BCUT2D eigenvalue weighted by Crippen LogP contribution is -2.50. The summed E-state index contributed by atoms with van der Waals surface area (Å²) in [5, 5.41) is 9.79. The predicted molar refractivity (Wildman–Crippen MR) is 111 cm³/mol. The summed E-state index contributed by atoms with van der Waals surface area (Å²) < 4.78 is 65.4. The van der Waals surface area contributed by atoms with Crippen LogP contribution in [0.4, 0.5) is 19.0 Å². The summed E-state index contributed by atoms with van der Waals surface area (Å²) in [6.07, 6.45) is -3.45. The maximum atomic E-state index is 13.0. The molecule has 2 aromatic rings. The number of nitrogens with zero attached hydrogens (tertiary/aromatic N) is 3. The third-order valence-corrected chi connectivity index (χ3v) is 8.21. The molecule has 2 atom stereocenters. The fourth-order valence-electron chi connectivity index (χ4n) is 4.24. The van der Waals surface area contributed by atoms with Gasteiger partial charge >= 0.3 is 12.1 Å². The van der Waals surface area contributed by atoms with Crippen molar-refractivity contribution < 1.29 is 31.5 Å². The second kappa shape index (κ2) is 8.04. The largest absolute Gasteiger partial charge is 0.481 e. The Kier molecular flexibility index (Phi) is 5.66. The molecule has 1 aliphatic carbocycles. The first kappa shape index (κ1) is 22.5. The zero-order chi connectivity index (χ0) is 23.1. The molecule has 11 heteroatoms. The molecular formula is C21H22F3N3O4S. The van der Waals surface area contributed by atoms with E-state index in [2.05, 4.69) is 4.98 Å². The summed E-state index contributed by atoms with van der Waals surface area (Å²) in [6, 6.07) is 11.2. The van der Waals surface area contributed by atoms with Crippen LogP contribution in [0.1, 0.15) is 23.5 Å². The highest BCUT2D eigenvalue weighted by Gasteiger charge is 2.63. The monoisotopic (exact) mass is 469 g/mol. The van der Waals surface area contributed by atoms with Crippen molar-refractivity contribution in [3.05, 3.63) is 59.8 Å². The highest BCUT2D eigenvalue weighted by atomic mass is 32.2. The Hall–Kier alpha value is -2.66. The molecule has 0 amide bonds. The fraction of sp³-hybridized carbons (Fsp3) is 0.429. The molecule has 2 heterocycles. The summed E-state index contributed by atoms with van der Waals surface area (Å²) >= 11 is 0. The van der Waals surface area contributed by atoms with E-state index in [0.29, 0.717) is 5.82 Å². The van der Waals surface area contributed by atoms with E-state index in [-0.39, 0.29) is 38.5 Å². The number of rotatable bonds is 6. The van der Waals surface area contributed by atoms with Gasteiger partial charge in [-0.1, -0.05) is 30.3 Å². The zero-order valence-corrected chi connectivity index (χ0v) is 17.8. The van der Waals surface area contributed by atoms with Crippen LogP contribution in [0.15, 0.2) is 48.7 Å². The van der Waals surface area contributed by atoms with Gasteiger partial charge in [0.05, 0.1) is 16.7 Å². The van der Waals surface area contributed by atoms with E-state index < -0.39 is 38.9 Å². The number of carbonyl (C=O) groups is 1. The molecule has 32 heavy (non-hydrogen) atoms. The van der Waals surface area contributed by atoms with Crippen LogP contribution in [0, 0.1) is 5.41 Å². The molecule has 1 N–H and O–H groups in total. The minimum atomic E-state index is -4.47. The molecule has 1 saturated carbocycles. The predicted octanol–water partition coefficient (Wildman–Crippen LogP) is 2.81. The molecule has 1 aromatic heterocycles. The Bertz CT molecular complexity index is 1090. The van der Waals surface area contributed by atoms with Gasteiger partial charge in [-0.2, -0.15) is 17.5 Å². The number of alkyl halides is 3. The Morgan fingerprint density at radius 1 is 1.09 bits per heavy atom. The average Bonchev–Trinajstić information content (AvgIpc) is 3.49. The first-order chi connectivity index (χ1) is 15.0. The Morgan fingerprint density at radius 3 is 2.28 bits per heavy atom. The van der Waals surface area contributed by atoms with Crippen molar-refractivity contribution in [3.63, 3.8) is 0 Å². The molecule has 2 aliphatic rings. The molecule has 172 valence electrons. The molecule has 1 aromatic carbocycles. The second-order valence-corrected chi connectivity index (χ2v) is 10.1. The number of carboxylic acids is 1. The zero-order valence-electron chi connectivity index (χ0n) is 17.0. The third kappa shape index (κ3) is 4.31. The van der Waals surface area contributed by atoms with Crippen molar-refractivity contribution >= 4 is 21.8 Å². The van der Waals surface area contributed by atoms with Crippen molar-refractivity contribution in [2.75, 3.05) is 36.8 Å². The van der Waals surface area contributed by atoms with E-state index in [1.54, 1.807) is 29.2 Å². The van der Waals surface area contributed by atoms with Gasteiger partial charge in [0.15, 0.2) is 0 Å². The summed E-state index contributed by atoms with van der Waals surface area (Å²) in [5.74, 6) is -1.62. The van der Waals surface area contributed by atoms with Gasteiger partial charge in [-0.25, -0.2) is 13.4 Å². The van der Waals surface area contributed by atoms with Gasteiger partial charge in [-0.3, -0.25) is 4.79 Å². The number of aliphatic carboxylic acids is 1. The van der Waals surface area contributed by atoms with Crippen molar-refractivity contribution in [1.29, 1.82) is 0 Å². The summed E-state index contributed by atoms with van der Waals surface area (Å²) in [5.41, 5.74) is -1.38. The number of hydrogen-bond donors (Lipinski definition) is 1. The van der Waals surface area contributed by atoms with Gasteiger partial charge in [0.2, 0.25) is 10.0 Å². The van der Waals surface area contributed by atoms with E-state index in [4.69, 9.17) is 0 Å². The van der Waals surface area contributed by atoms with E-state index in [1.807, 2.05) is 6.07 Å². The molecular weight excluding hydrogens is 447 g/mol. The minimum absolute atomic E-state index is 0.108.